The third-order valence-electron chi connectivity index (χ3n) is 6.77. The third kappa shape index (κ3) is 11.7. The molecule has 0 aliphatic carbocycles. The molecule has 0 bridgehead atoms. The number of nitrogens with zero attached hydrogens (tertiary/aromatic N) is 3. The van der Waals surface area contributed by atoms with Crippen molar-refractivity contribution in [3.63, 3.8) is 0 Å². The van der Waals surface area contributed by atoms with Gasteiger partial charge in [0.25, 0.3) is 0 Å². The summed E-state index contributed by atoms with van der Waals surface area (Å²) >= 11 is 0. The molecule has 1 N–H and O–H groups in total. The summed E-state index contributed by atoms with van der Waals surface area (Å²) in [7, 11) is 0. The molecule has 196 valence electrons. The number of hydrogen-bond acceptors (Lipinski definition) is 3. The molecule has 4 nitrogen and oxygen atoms in total. The molecule has 0 amide bonds. The van der Waals surface area contributed by atoms with Gasteiger partial charge in [0.1, 0.15) is 12.7 Å². The van der Waals surface area contributed by atoms with Crippen LogP contribution in [0.25, 0.3) is 10.9 Å². The van der Waals surface area contributed by atoms with Gasteiger partial charge in [0.2, 0.25) is 5.84 Å². The quantitative estimate of drug-likeness (QED) is 0.259. The van der Waals surface area contributed by atoms with Crippen molar-refractivity contribution in [2.45, 2.75) is 97.3 Å². The van der Waals surface area contributed by atoms with Gasteiger partial charge in [-0.1, -0.05) is 102 Å². The summed E-state index contributed by atoms with van der Waals surface area (Å²) in [5, 5.41) is 10.6. The lowest BCUT2D eigenvalue weighted by atomic mass is 10.1. The SMILES string of the molecule is CCCCCCCCCCCCC1=NC=C[N+]1(CCO)CCCC.[Cl-].c1ccc2ncccc2c1. The number of amidine groups is 1. The number of aliphatic imine (C=N–C) groups is 1. The van der Waals surface area contributed by atoms with Crippen molar-refractivity contribution in [1.29, 1.82) is 0 Å². The number of pyridine rings is 1. The summed E-state index contributed by atoms with van der Waals surface area (Å²) < 4.78 is 0.807. The monoisotopic (exact) mass is 501 g/mol. The molecule has 3 rings (SSSR count). The summed E-state index contributed by atoms with van der Waals surface area (Å²) in [4.78, 5) is 8.81. The van der Waals surface area contributed by atoms with Gasteiger partial charge in [-0.25, -0.2) is 9.48 Å². The highest BCUT2D eigenvalue weighted by Gasteiger charge is 2.33. The van der Waals surface area contributed by atoms with E-state index in [-0.39, 0.29) is 19.0 Å². The van der Waals surface area contributed by atoms with Crippen molar-refractivity contribution in [3.05, 3.63) is 55.0 Å². The number of fused-ring (bicyclic) bond motifs is 1. The van der Waals surface area contributed by atoms with Crippen molar-refractivity contribution < 1.29 is 22.0 Å². The first-order valence-corrected chi connectivity index (χ1v) is 13.8. The van der Waals surface area contributed by atoms with Crippen LogP contribution in [0, 0.1) is 0 Å². The van der Waals surface area contributed by atoms with Gasteiger partial charge in [0, 0.05) is 18.0 Å². The van der Waals surface area contributed by atoms with E-state index in [4.69, 9.17) is 0 Å². The number of hydrogen-bond donors (Lipinski definition) is 1. The molecular formula is C30H48ClN3O. The second-order valence-electron chi connectivity index (χ2n) is 9.53. The Morgan fingerprint density at radius 2 is 1.37 bits per heavy atom. The minimum Gasteiger partial charge on any atom is -1.00 e. The maximum atomic E-state index is 9.45. The van der Waals surface area contributed by atoms with Crippen LogP contribution in [-0.2, 0) is 0 Å². The molecule has 1 atom stereocenters. The Morgan fingerprint density at radius 3 is 2.03 bits per heavy atom. The van der Waals surface area contributed by atoms with Gasteiger partial charge in [0.15, 0.2) is 0 Å². The summed E-state index contributed by atoms with van der Waals surface area (Å²) in [6.45, 7) is 6.62. The van der Waals surface area contributed by atoms with Gasteiger partial charge in [-0.3, -0.25) is 4.98 Å². The maximum Gasteiger partial charge on any atom is 0.207 e. The molecule has 0 radical (unpaired) electrons. The van der Waals surface area contributed by atoms with E-state index in [1.807, 2.05) is 36.7 Å². The predicted octanol–water partition coefficient (Wildman–Crippen LogP) is 5.03. The molecule has 35 heavy (non-hydrogen) atoms. The highest BCUT2D eigenvalue weighted by atomic mass is 35.5. The number of aromatic nitrogens is 1. The molecule has 2 heterocycles. The number of rotatable bonds is 16. The van der Waals surface area contributed by atoms with Crippen LogP contribution in [0.15, 0.2) is 60.0 Å². The number of aliphatic hydroxyl groups is 1. The lowest BCUT2D eigenvalue weighted by molar-refractivity contribution is -0.788. The average molecular weight is 502 g/mol. The average Bonchev–Trinajstić information content (AvgIpc) is 3.27. The first kappa shape index (κ1) is 31.3. The van der Waals surface area contributed by atoms with E-state index < -0.39 is 0 Å². The summed E-state index contributed by atoms with van der Waals surface area (Å²) in [5.74, 6) is 1.28. The Hall–Kier alpha value is -1.75. The highest BCUT2D eigenvalue weighted by Crippen LogP contribution is 2.22. The van der Waals surface area contributed by atoms with Gasteiger partial charge < -0.3 is 17.5 Å². The van der Waals surface area contributed by atoms with E-state index in [2.05, 4.69) is 42.2 Å². The van der Waals surface area contributed by atoms with Gasteiger partial charge in [0.05, 0.1) is 24.9 Å². The van der Waals surface area contributed by atoms with Crippen LogP contribution in [0.4, 0.5) is 0 Å². The van der Waals surface area contributed by atoms with E-state index in [0.29, 0.717) is 0 Å². The molecule has 2 aromatic rings. The second kappa shape index (κ2) is 19.4. The molecule has 1 aliphatic rings. The minimum atomic E-state index is 0. The van der Waals surface area contributed by atoms with E-state index in [0.717, 1.165) is 29.5 Å². The molecule has 1 aliphatic heterocycles. The summed E-state index contributed by atoms with van der Waals surface area (Å²) in [6.07, 6.45) is 23.2. The van der Waals surface area contributed by atoms with Crippen LogP contribution < -0.4 is 12.4 Å². The first-order chi connectivity index (χ1) is 16.8. The fourth-order valence-corrected chi connectivity index (χ4v) is 4.66. The molecule has 1 aromatic carbocycles. The Labute approximate surface area is 220 Å². The van der Waals surface area contributed by atoms with Crippen molar-refractivity contribution in [3.8, 4) is 0 Å². The maximum absolute atomic E-state index is 9.45. The summed E-state index contributed by atoms with van der Waals surface area (Å²) in [6, 6.07) is 12.1. The van der Waals surface area contributed by atoms with Crippen LogP contribution in [-0.4, -0.2) is 40.1 Å². The lowest BCUT2D eigenvalue weighted by Gasteiger charge is -2.32. The van der Waals surface area contributed by atoms with Crippen LogP contribution in [0.5, 0.6) is 0 Å². The first-order valence-electron chi connectivity index (χ1n) is 13.8. The van der Waals surface area contributed by atoms with Crippen LogP contribution in [0.1, 0.15) is 97.3 Å². The number of para-hydroxylation sites is 1. The number of unbranched alkanes of at least 4 members (excludes halogenated alkanes) is 10. The molecule has 5 heteroatoms. The summed E-state index contributed by atoms with van der Waals surface area (Å²) in [5.41, 5.74) is 1.06. The number of halogens is 1. The van der Waals surface area contributed by atoms with Crippen LogP contribution in [0.3, 0.4) is 0 Å². The standard InChI is InChI=1S/C21H41N2O.C9H7N.ClH/c1-3-5-7-8-9-10-11-12-13-14-15-21-22-16-18-23(21,19-20-24)17-6-4-2;1-2-6-9-8(4-1)5-3-7-10-9;/h16,18,24H,3-15,17,19-20H2,1-2H3;1-7H;1H/q+1;;/p-1. The van der Waals surface area contributed by atoms with E-state index >= 15 is 0 Å². The van der Waals surface area contributed by atoms with Crippen molar-refractivity contribution in [2.75, 3.05) is 19.7 Å². The van der Waals surface area contributed by atoms with Gasteiger partial charge in [-0.15, -0.1) is 0 Å². The fraction of sp³-hybridized carbons (Fsp3) is 0.600. The number of aliphatic hydroxyl groups excluding tert-OH is 1. The Morgan fingerprint density at radius 1 is 0.743 bits per heavy atom. The van der Waals surface area contributed by atoms with E-state index in [1.54, 1.807) is 0 Å². The predicted molar refractivity (Wildman–Crippen MR) is 147 cm³/mol. The zero-order valence-corrected chi connectivity index (χ0v) is 22.9. The molecule has 0 saturated heterocycles. The van der Waals surface area contributed by atoms with Gasteiger partial charge >= 0.3 is 0 Å². The van der Waals surface area contributed by atoms with Crippen molar-refractivity contribution >= 4 is 16.7 Å². The zero-order chi connectivity index (χ0) is 24.3. The Balaban J connectivity index is 0.000000459. The topological polar surface area (TPSA) is 45.5 Å². The Bertz CT molecular complexity index is 789. The minimum absolute atomic E-state index is 0. The van der Waals surface area contributed by atoms with E-state index in [1.165, 1.54) is 88.3 Å². The highest BCUT2D eigenvalue weighted by molar-refractivity contribution is 5.78. The van der Waals surface area contributed by atoms with Gasteiger partial charge in [-0.2, -0.15) is 0 Å². The molecule has 0 saturated carbocycles. The molecular weight excluding hydrogens is 454 g/mol. The molecule has 0 fully saturated rings. The van der Waals surface area contributed by atoms with Gasteiger partial charge in [-0.05, 0) is 25.0 Å². The van der Waals surface area contributed by atoms with Crippen LogP contribution >= 0.6 is 0 Å². The molecule has 1 unspecified atom stereocenters. The van der Waals surface area contributed by atoms with Crippen molar-refractivity contribution in [1.82, 2.24) is 4.98 Å². The second-order valence-corrected chi connectivity index (χ2v) is 9.53. The Kier molecular flexibility index (Phi) is 17.4. The number of benzene rings is 1. The smallest absolute Gasteiger partial charge is 0.207 e. The fourth-order valence-electron chi connectivity index (χ4n) is 4.66. The normalized spacial score (nSPS) is 16.5. The largest absolute Gasteiger partial charge is 1.00 e. The molecule has 0 spiro atoms. The number of quaternary nitrogens is 1. The third-order valence-corrected chi connectivity index (χ3v) is 6.77. The lowest BCUT2D eigenvalue weighted by Crippen LogP contribution is -3.00. The zero-order valence-electron chi connectivity index (χ0n) is 22.2. The molecule has 1 aromatic heterocycles. The van der Waals surface area contributed by atoms with Crippen LogP contribution in [0.2, 0.25) is 0 Å². The van der Waals surface area contributed by atoms with E-state index in [9.17, 15) is 5.11 Å². The van der Waals surface area contributed by atoms with Crippen molar-refractivity contribution in [2.24, 2.45) is 4.99 Å².